The van der Waals surface area contributed by atoms with Gasteiger partial charge in [0.05, 0.1) is 12.0 Å². The number of carbonyl (C=O) groups is 2. The minimum absolute atomic E-state index is 0.136. The summed E-state index contributed by atoms with van der Waals surface area (Å²) in [6, 6.07) is 16.5. The van der Waals surface area contributed by atoms with Crippen molar-refractivity contribution in [1.82, 2.24) is 5.32 Å². The Morgan fingerprint density at radius 2 is 1.88 bits per heavy atom. The van der Waals surface area contributed by atoms with Gasteiger partial charge in [-0.15, -0.1) is 0 Å². The highest BCUT2D eigenvalue weighted by Gasteiger charge is 2.31. The number of para-hydroxylation sites is 1. The van der Waals surface area contributed by atoms with Crippen LogP contribution < -0.4 is 10.6 Å². The highest BCUT2D eigenvalue weighted by atomic mass is 16.3. The van der Waals surface area contributed by atoms with Crippen molar-refractivity contribution in [3.63, 3.8) is 0 Å². The highest BCUT2D eigenvalue weighted by Crippen LogP contribution is 2.32. The standard InChI is InChI=1S/C20H22N2O3/c1-13(11-18(23)14-7-3-2-4-8-14)21-20(25)16-12-19(24)22-17-10-6-5-9-15(16)17/h2-10,13,16,18,23H,11-12H2,1H3,(H,21,25)(H,22,24). The molecule has 3 unspecified atom stereocenters. The third kappa shape index (κ3) is 4.06. The van der Waals surface area contributed by atoms with E-state index in [1.165, 1.54) is 0 Å². The molecule has 0 saturated carbocycles. The number of aliphatic hydroxyl groups is 1. The molecular weight excluding hydrogens is 316 g/mol. The van der Waals surface area contributed by atoms with Crippen LogP contribution in [0.15, 0.2) is 54.6 Å². The van der Waals surface area contributed by atoms with Gasteiger partial charge in [0.2, 0.25) is 11.8 Å². The first-order valence-electron chi connectivity index (χ1n) is 8.46. The summed E-state index contributed by atoms with van der Waals surface area (Å²) in [5, 5.41) is 16.0. The maximum absolute atomic E-state index is 12.7. The molecule has 3 atom stereocenters. The van der Waals surface area contributed by atoms with Crippen molar-refractivity contribution >= 4 is 17.5 Å². The highest BCUT2D eigenvalue weighted by molar-refractivity contribution is 6.01. The van der Waals surface area contributed by atoms with Crippen molar-refractivity contribution in [2.24, 2.45) is 0 Å². The molecule has 0 fully saturated rings. The maximum atomic E-state index is 12.7. The predicted molar refractivity (Wildman–Crippen MR) is 96.1 cm³/mol. The van der Waals surface area contributed by atoms with Crippen molar-refractivity contribution < 1.29 is 14.7 Å². The van der Waals surface area contributed by atoms with Crippen LogP contribution in [-0.4, -0.2) is 23.0 Å². The maximum Gasteiger partial charge on any atom is 0.228 e. The minimum atomic E-state index is -0.640. The van der Waals surface area contributed by atoms with Crippen molar-refractivity contribution in [1.29, 1.82) is 0 Å². The zero-order valence-electron chi connectivity index (χ0n) is 14.1. The van der Waals surface area contributed by atoms with E-state index in [0.717, 1.165) is 11.1 Å². The van der Waals surface area contributed by atoms with Crippen LogP contribution in [0.4, 0.5) is 5.69 Å². The lowest BCUT2D eigenvalue weighted by molar-refractivity contribution is -0.126. The first-order valence-corrected chi connectivity index (χ1v) is 8.46. The van der Waals surface area contributed by atoms with E-state index in [2.05, 4.69) is 10.6 Å². The fraction of sp³-hybridized carbons (Fsp3) is 0.300. The van der Waals surface area contributed by atoms with E-state index in [4.69, 9.17) is 0 Å². The van der Waals surface area contributed by atoms with Crippen LogP contribution in [0.2, 0.25) is 0 Å². The molecule has 0 bridgehead atoms. The van der Waals surface area contributed by atoms with E-state index in [1.807, 2.05) is 55.5 Å². The monoisotopic (exact) mass is 338 g/mol. The van der Waals surface area contributed by atoms with Gasteiger partial charge in [-0.2, -0.15) is 0 Å². The van der Waals surface area contributed by atoms with Gasteiger partial charge in [0, 0.05) is 18.2 Å². The van der Waals surface area contributed by atoms with Crippen LogP contribution in [-0.2, 0) is 9.59 Å². The number of fused-ring (bicyclic) bond motifs is 1. The third-order valence-electron chi connectivity index (χ3n) is 4.47. The largest absolute Gasteiger partial charge is 0.388 e. The Bertz CT molecular complexity index is 761. The van der Waals surface area contributed by atoms with Crippen LogP contribution in [0.5, 0.6) is 0 Å². The summed E-state index contributed by atoms with van der Waals surface area (Å²) in [4.78, 5) is 24.5. The van der Waals surface area contributed by atoms with Gasteiger partial charge in [-0.1, -0.05) is 48.5 Å². The van der Waals surface area contributed by atoms with Gasteiger partial charge in [-0.25, -0.2) is 0 Å². The van der Waals surface area contributed by atoms with Crippen molar-refractivity contribution in [3.8, 4) is 0 Å². The number of aliphatic hydroxyl groups excluding tert-OH is 1. The van der Waals surface area contributed by atoms with Gasteiger partial charge < -0.3 is 15.7 Å². The van der Waals surface area contributed by atoms with Gasteiger partial charge in [-0.3, -0.25) is 9.59 Å². The number of hydrogen-bond acceptors (Lipinski definition) is 3. The smallest absolute Gasteiger partial charge is 0.228 e. The Hall–Kier alpha value is -2.66. The molecule has 3 N–H and O–H groups in total. The number of anilines is 1. The summed E-state index contributed by atoms with van der Waals surface area (Å²) in [6.07, 6.45) is -0.0916. The molecule has 5 nitrogen and oxygen atoms in total. The fourth-order valence-electron chi connectivity index (χ4n) is 3.19. The molecule has 2 amide bonds. The van der Waals surface area contributed by atoms with E-state index in [9.17, 15) is 14.7 Å². The third-order valence-corrected chi connectivity index (χ3v) is 4.47. The molecular formula is C20H22N2O3. The molecule has 0 aliphatic carbocycles. The van der Waals surface area contributed by atoms with Gasteiger partial charge in [0.15, 0.2) is 0 Å². The van der Waals surface area contributed by atoms with Crippen LogP contribution in [0, 0.1) is 0 Å². The summed E-state index contributed by atoms with van der Waals surface area (Å²) in [6.45, 7) is 1.86. The summed E-state index contributed by atoms with van der Waals surface area (Å²) < 4.78 is 0. The Balaban J connectivity index is 1.65. The summed E-state index contributed by atoms with van der Waals surface area (Å²) in [5.41, 5.74) is 2.34. The van der Waals surface area contributed by atoms with Crippen LogP contribution >= 0.6 is 0 Å². The molecule has 2 aromatic carbocycles. The summed E-state index contributed by atoms with van der Waals surface area (Å²) in [5.74, 6) is -0.841. The van der Waals surface area contributed by atoms with E-state index < -0.39 is 12.0 Å². The Labute approximate surface area is 147 Å². The molecule has 0 radical (unpaired) electrons. The zero-order chi connectivity index (χ0) is 17.8. The first kappa shape index (κ1) is 17.2. The van der Waals surface area contributed by atoms with E-state index in [-0.39, 0.29) is 24.3 Å². The molecule has 2 aromatic rings. The average Bonchev–Trinajstić information content (AvgIpc) is 2.61. The Morgan fingerprint density at radius 1 is 1.20 bits per heavy atom. The number of carbonyl (C=O) groups excluding carboxylic acids is 2. The summed E-state index contributed by atoms with van der Waals surface area (Å²) >= 11 is 0. The Kier molecular flexibility index (Phi) is 5.14. The first-order chi connectivity index (χ1) is 12.0. The van der Waals surface area contributed by atoms with Crippen LogP contribution in [0.3, 0.4) is 0 Å². The van der Waals surface area contributed by atoms with Crippen LogP contribution in [0.25, 0.3) is 0 Å². The van der Waals surface area contributed by atoms with Gasteiger partial charge in [-0.05, 0) is 30.5 Å². The number of amides is 2. The topological polar surface area (TPSA) is 78.4 Å². The number of hydrogen-bond donors (Lipinski definition) is 3. The average molecular weight is 338 g/mol. The molecule has 1 aliphatic heterocycles. The van der Waals surface area contributed by atoms with Crippen LogP contribution in [0.1, 0.15) is 42.9 Å². The van der Waals surface area contributed by atoms with Crippen molar-refractivity contribution in [2.75, 3.05) is 5.32 Å². The number of nitrogens with one attached hydrogen (secondary N) is 2. The number of rotatable bonds is 5. The normalized spacial score (nSPS) is 18.6. The quantitative estimate of drug-likeness (QED) is 0.784. The van der Waals surface area contributed by atoms with Crippen molar-refractivity contribution in [3.05, 3.63) is 65.7 Å². The van der Waals surface area contributed by atoms with Crippen molar-refractivity contribution in [2.45, 2.75) is 37.8 Å². The molecule has 0 saturated heterocycles. The lowest BCUT2D eigenvalue weighted by atomic mass is 9.89. The predicted octanol–water partition coefficient (Wildman–Crippen LogP) is 2.74. The molecule has 1 heterocycles. The van der Waals surface area contributed by atoms with E-state index in [0.29, 0.717) is 12.1 Å². The Morgan fingerprint density at radius 3 is 2.64 bits per heavy atom. The van der Waals surface area contributed by atoms with E-state index in [1.54, 1.807) is 6.07 Å². The van der Waals surface area contributed by atoms with Gasteiger partial charge >= 0.3 is 0 Å². The number of benzene rings is 2. The molecule has 0 spiro atoms. The molecule has 5 heteroatoms. The summed E-state index contributed by atoms with van der Waals surface area (Å²) in [7, 11) is 0. The van der Waals surface area contributed by atoms with E-state index >= 15 is 0 Å². The van der Waals surface area contributed by atoms with Gasteiger partial charge in [0.25, 0.3) is 0 Å². The lowest BCUT2D eigenvalue weighted by Gasteiger charge is -2.26. The minimum Gasteiger partial charge on any atom is -0.388 e. The second-order valence-corrected chi connectivity index (χ2v) is 6.46. The molecule has 1 aliphatic rings. The van der Waals surface area contributed by atoms with Gasteiger partial charge in [0.1, 0.15) is 0 Å². The SMILES string of the molecule is CC(CC(O)c1ccccc1)NC(=O)C1CC(=O)Nc2ccccc21. The molecule has 25 heavy (non-hydrogen) atoms. The molecule has 130 valence electrons. The zero-order valence-corrected chi connectivity index (χ0v) is 14.1. The second kappa shape index (κ2) is 7.49. The molecule has 3 rings (SSSR count). The lowest BCUT2D eigenvalue weighted by Crippen LogP contribution is -2.40. The second-order valence-electron chi connectivity index (χ2n) is 6.46. The fourth-order valence-corrected chi connectivity index (χ4v) is 3.19. The molecule has 0 aromatic heterocycles.